The molecule has 17 heavy (non-hydrogen) atoms. The van der Waals surface area contributed by atoms with Crippen LogP contribution in [0.4, 0.5) is 0 Å². The van der Waals surface area contributed by atoms with E-state index < -0.39 is 0 Å². The summed E-state index contributed by atoms with van der Waals surface area (Å²) in [4.78, 5) is 11.7. The van der Waals surface area contributed by atoms with Crippen LogP contribution >= 0.6 is 0 Å². The molecule has 1 fully saturated rings. The van der Waals surface area contributed by atoms with Gasteiger partial charge in [-0.1, -0.05) is 6.07 Å². The Morgan fingerprint density at radius 1 is 1.18 bits per heavy atom. The maximum absolute atomic E-state index is 11.7. The molecule has 1 saturated carbocycles. The Balaban J connectivity index is 1.98. The van der Waals surface area contributed by atoms with E-state index in [-0.39, 0.29) is 11.2 Å². The van der Waals surface area contributed by atoms with Gasteiger partial charge < -0.3 is 9.47 Å². The van der Waals surface area contributed by atoms with Crippen molar-refractivity contribution < 1.29 is 14.3 Å². The molecule has 1 heterocycles. The zero-order chi connectivity index (χ0) is 11.9. The lowest BCUT2D eigenvalue weighted by molar-refractivity contribution is -0.119. The van der Waals surface area contributed by atoms with E-state index in [1.165, 1.54) is 0 Å². The summed E-state index contributed by atoms with van der Waals surface area (Å²) in [5.74, 6) is 1.84. The molecule has 0 amide bonds. The second-order valence-electron chi connectivity index (χ2n) is 4.85. The zero-order valence-electron chi connectivity index (χ0n) is 9.99. The van der Waals surface area contributed by atoms with Crippen LogP contribution in [0.15, 0.2) is 18.2 Å². The van der Waals surface area contributed by atoms with Crippen LogP contribution < -0.4 is 9.47 Å². The topological polar surface area (TPSA) is 35.5 Å². The van der Waals surface area contributed by atoms with E-state index in [2.05, 4.69) is 0 Å². The fourth-order valence-corrected chi connectivity index (χ4v) is 2.43. The average molecular weight is 232 g/mol. The molecule has 3 nitrogen and oxygen atoms in total. The lowest BCUT2D eigenvalue weighted by Gasteiger charge is -2.14. The Morgan fingerprint density at radius 3 is 2.53 bits per heavy atom. The number of benzene rings is 1. The molecule has 0 saturated heterocycles. The number of fused-ring (bicyclic) bond motifs is 1. The van der Waals surface area contributed by atoms with Gasteiger partial charge in [0.2, 0.25) is 0 Å². The van der Waals surface area contributed by atoms with Crippen LogP contribution in [0.25, 0.3) is 0 Å². The zero-order valence-corrected chi connectivity index (χ0v) is 9.99. The largest absolute Gasteiger partial charge is 0.490 e. The lowest BCUT2D eigenvalue weighted by atomic mass is 9.92. The Morgan fingerprint density at radius 2 is 1.88 bits per heavy atom. The van der Waals surface area contributed by atoms with Crippen LogP contribution in [0.1, 0.15) is 31.7 Å². The Hall–Kier alpha value is -1.51. The van der Waals surface area contributed by atoms with Gasteiger partial charge in [0.25, 0.3) is 0 Å². The number of carbonyl (C=O) groups is 1. The summed E-state index contributed by atoms with van der Waals surface area (Å²) in [5, 5.41) is 0. The summed E-state index contributed by atoms with van der Waals surface area (Å²) >= 11 is 0. The molecule has 0 spiro atoms. The third kappa shape index (κ3) is 1.70. The van der Waals surface area contributed by atoms with Crippen LogP contribution in [-0.2, 0) is 10.2 Å². The molecule has 1 aliphatic heterocycles. The van der Waals surface area contributed by atoms with Crippen molar-refractivity contribution in [3.05, 3.63) is 23.8 Å². The number of Topliss-reactive ketones (excluding diaryl/α,β-unsaturated/α-hetero) is 1. The fraction of sp³-hybridized carbons (Fsp3) is 0.500. The van der Waals surface area contributed by atoms with Crippen molar-refractivity contribution >= 4 is 5.78 Å². The van der Waals surface area contributed by atoms with Crippen molar-refractivity contribution in [1.82, 2.24) is 0 Å². The van der Waals surface area contributed by atoms with Gasteiger partial charge in [0.05, 0.1) is 18.6 Å². The second kappa shape index (κ2) is 3.76. The van der Waals surface area contributed by atoms with Gasteiger partial charge in [-0.25, -0.2) is 0 Å². The van der Waals surface area contributed by atoms with E-state index in [0.717, 1.165) is 36.3 Å². The molecule has 0 aromatic heterocycles. The van der Waals surface area contributed by atoms with Crippen LogP contribution in [0.3, 0.4) is 0 Å². The fourth-order valence-electron chi connectivity index (χ4n) is 2.43. The number of rotatable bonds is 2. The molecular formula is C14H16O3. The Labute approximate surface area is 101 Å². The first-order valence-corrected chi connectivity index (χ1v) is 6.13. The van der Waals surface area contributed by atoms with Gasteiger partial charge in [0, 0.05) is 6.42 Å². The van der Waals surface area contributed by atoms with Crippen molar-refractivity contribution in [2.45, 2.75) is 31.6 Å². The summed E-state index contributed by atoms with van der Waals surface area (Å²) in [6.45, 7) is 3.06. The summed E-state index contributed by atoms with van der Waals surface area (Å²) < 4.78 is 11.2. The SMILES string of the molecule is CC(=O)C1(c2ccc3c(c2)OCCCO3)CC1. The minimum Gasteiger partial charge on any atom is -0.490 e. The summed E-state index contributed by atoms with van der Waals surface area (Å²) in [5.41, 5.74) is 0.847. The molecule has 3 heteroatoms. The monoisotopic (exact) mass is 232 g/mol. The molecule has 1 aromatic rings. The third-order valence-corrected chi connectivity index (χ3v) is 3.72. The van der Waals surface area contributed by atoms with Crippen LogP contribution in [0, 0.1) is 0 Å². The van der Waals surface area contributed by atoms with Gasteiger partial charge in [-0.3, -0.25) is 4.79 Å². The van der Waals surface area contributed by atoms with Crippen LogP contribution in [0.2, 0.25) is 0 Å². The Bertz CT molecular complexity index is 461. The summed E-state index contributed by atoms with van der Waals surface area (Å²) in [7, 11) is 0. The first-order valence-electron chi connectivity index (χ1n) is 6.13. The lowest BCUT2D eigenvalue weighted by Crippen LogP contribution is -2.16. The van der Waals surface area contributed by atoms with Crippen molar-refractivity contribution in [2.75, 3.05) is 13.2 Å². The maximum atomic E-state index is 11.7. The number of ether oxygens (including phenoxy) is 2. The van der Waals surface area contributed by atoms with E-state index >= 15 is 0 Å². The first-order chi connectivity index (χ1) is 8.22. The third-order valence-electron chi connectivity index (χ3n) is 3.72. The van der Waals surface area contributed by atoms with Gasteiger partial charge in [-0.2, -0.15) is 0 Å². The van der Waals surface area contributed by atoms with Gasteiger partial charge in [-0.15, -0.1) is 0 Å². The van der Waals surface area contributed by atoms with E-state index in [1.807, 2.05) is 18.2 Å². The molecule has 0 N–H and O–H groups in total. The number of hydrogen-bond donors (Lipinski definition) is 0. The summed E-state index contributed by atoms with van der Waals surface area (Å²) in [6.07, 6.45) is 2.83. The van der Waals surface area contributed by atoms with Gasteiger partial charge >= 0.3 is 0 Å². The smallest absolute Gasteiger partial charge is 0.161 e. The van der Waals surface area contributed by atoms with Gasteiger partial charge in [0.15, 0.2) is 11.5 Å². The highest BCUT2D eigenvalue weighted by Gasteiger charge is 2.49. The molecule has 2 aliphatic rings. The number of ketones is 1. The molecular weight excluding hydrogens is 216 g/mol. The molecule has 0 bridgehead atoms. The van der Waals surface area contributed by atoms with Crippen molar-refractivity contribution in [1.29, 1.82) is 0 Å². The normalized spacial score (nSPS) is 20.5. The predicted octanol–water partition coefficient (Wildman–Crippen LogP) is 2.47. The standard InChI is InChI=1S/C14H16O3/c1-10(15)14(5-6-14)11-3-4-12-13(9-11)17-8-2-7-16-12/h3-4,9H,2,5-8H2,1H3. The van der Waals surface area contributed by atoms with E-state index in [0.29, 0.717) is 13.2 Å². The van der Waals surface area contributed by atoms with E-state index in [9.17, 15) is 4.79 Å². The van der Waals surface area contributed by atoms with Crippen molar-refractivity contribution in [3.8, 4) is 11.5 Å². The van der Waals surface area contributed by atoms with Crippen LogP contribution in [-0.4, -0.2) is 19.0 Å². The highest BCUT2D eigenvalue weighted by Crippen LogP contribution is 2.50. The molecule has 1 aromatic carbocycles. The average Bonchev–Trinajstić information content (AvgIpc) is 3.13. The summed E-state index contributed by atoms with van der Waals surface area (Å²) in [6, 6.07) is 5.91. The van der Waals surface area contributed by atoms with Crippen molar-refractivity contribution in [3.63, 3.8) is 0 Å². The van der Waals surface area contributed by atoms with Crippen LogP contribution in [0.5, 0.6) is 11.5 Å². The van der Waals surface area contributed by atoms with E-state index in [4.69, 9.17) is 9.47 Å². The molecule has 3 rings (SSSR count). The maximum Gasteiger partial charge on any atom is 0.161 e. The molecule has 0 radical (unpaired) electrons. The quantitative estimate of drug-likeness (QED) is 0.785. The minimum atomic E-state index is -0.231. The highest BCUT2D eigenvalue weighted by atomic mass is 16.5. The second-order valence-corrected chi connectivity index (χ2v) is 4.85. The number of carbonyl (C=O) groups excluding carboxylic acids is 1. The molecule has 1 aliphatic carbocycles. The van der Waals surface area contributed by atoms with Gasteiger partial charge in [0.1, 0.15) is 5.78 Å². The number of hydrogen-bond acceptors (Lipinski definition) is 3. The first kappa shape index (κ1) is 10.6. The van der Waals surface area contributed by atoms with Gasteiger partial charge in [-0.05, 0) is 37.5 Å². The Kier molecular flexibility index (Phi) is 2.35. The molecule has 0 unspecified atom stereocenters. The molecule has 90 valence electrons. The molecule has 0 atom stereocenters. The van der Waals surface area contributed by atoms with E-state index in [1.54, 1.807) is 6.92 Å². The van der Waals surface area contributed by atoms with Crippen molar-refractivity contribution in [2.24, 2.45) is 0 Å². The highest BCUT2D eigenvalue weighted by molar-refractivity contribution is 5.91. The predicted molar refractivity (Wildman–Crippen MR) is 63.6 cm³/mol. The minimum absolute atomic E-state index is 0.231.